The highest BCUT2D eigenvalue weighted by Gasteiger charge is 2.60. The number of hydrogen-bond acceptors (Lipinski definition) is 9. The minimum atomic E-state index is -4.30. The van der Waals surface area contributed by atoms with E-state index in [1.54, 1.807) is 39.8 Å². The number of hydrogen-bond donors (Lipinski definition) is 2. The average molecular weight is 447 g/mol. The molecule has 170 valence electrons. The van der Waals surface area contributed by atoms with Gasteiger partial charge in [0.2, 0.25) is 0 Å². The highest BCUT2D eigenvalue weighted by Crippen LogP contribution is 2.47. The highest BCUT2D eigenvalue weighted by atomic mass is 31.2. The molecule has 6 atom stereocenters. The van der Waals surface area contributed by atoms with Crippen LogP contribution in [0.2, 0.25) is 0 Å². The largest absolute Gasteiger partial charge is 0.472 e. The third kappa shape index (κ3) is 5.28. The number of benzene rings is 1. The molecule has 11 heteroatoms. The fourth-order valence-corrected chi connectivity index (χ4v) is 4.48. The van der Waals surface area contributed by atoms with Crippen molar-refractivity contribution < 1.29 is 42.2 Å². The molecule has 1 aromatic rings. The van der Waals surface area contributed by atoms with Gasteiger partial charge in [0.25, 0.3) is 0 Å². The van der Waals surface area contributed by atoms with Crippen molar-refractivity contribution in [2.45, 2.75) is 76.6 Å². The van der Waals surface area contributed by atoms with Gasteiger partial charge < -0.3 is 34.7 Å². The van der Waals surface area contributed by atoms with Crippen molar-refractivity contribution in [2.75, 3.05) is 6.61 Å². The first-order valence-corrected chi connectivity index (χ1v) is 11.1. The molecule has 1 aromatic carbocycles. The van der Waals surface area contributed by atoms with Crippen molar-refractivity contribution in [1.82, 2.24) is 6.15 Å². The van der Waals surface area contributed by atoms with Gasteiger partial charge in [-0.25, -0.2) is 4.57 Å². The maximum Gasteiger partial charge on any atom is 0.472 e. The zero-order chi connectivity index (χ0) is 20.9. The van der Waals surface area contributed by atoms with E-state index in [1.165, 1.54) is 0 Å². The third-order valence-corrected chi connectivity index (χ3v) is 5.82. The Bertz CT molecular complexity index is 775. The summed E-state index contributed by atoms with van der Waals surface area (Å²) >= 11 is 0. The molecule has 10 nitrogen and oxygen atoms in total. The molecule has 3 heterocycles. The van der Waals surface area contributed by atoms with Gasteiger partial charge in [0.1, 0.15) is 24.4 Å². The van der Waals surface area contributed by atoms with E-state index < -0.39 is 50.1 Å². The third-order valence-electron chi connectivity index (χ3n) is 4.89. The molecule has 1 unspecified atom stereocenters. The molecular formula is C19H30NO9P. The summed E-state index contributed by atoms with van der Waals surface area (Å²) in [5, 5.41) is 0. The second-order valence-electron chi connectivity index (χ2n) is 8.23. The normalized spacial score (nSPS) is 35.7. The highest BCUT2D eigenvalue weighted by molar-refractivity contribution is 7.47. The minimum absolute atomic E-state index is 0. The van der Waals surface area contributed by atoms with Crippen LogP contribution in [0.4, 0.5) is 0 Å². The lowest BCUT2D eigenvalue weighted by Crippen LogP contribution is -2.56. The summed E-state index contributed by atoms with van der Waals surface area (Å²) in [4.78, 5) is 10.0. The van der Waals surface area contributed by atoms with E-state index in [1.807, 2.05) is 18.2 Å². The van der Waals surface area contributed by atoms with Gasteiger partial charge >= 0.3 is 7.82 Å². The van der Waals surface area contributed by atoms with E-state index in [0.29, 0.717) is 0 Å². The van der Waals surface area contributed by atoms with Crippen LogP contribution in [0.1, 0.15) is 33.3 Å². The van der Waals surface area contributed by atoms with Gasteiger partial charge in [0.15, 0.2) is 17.9 Å². The Balaban J connectivity index is 0.00000256. The van der Waals surface area contributed by atoms with Crippen LogP contribution in [-0.4, -0.2) is 53.8 Å². The summed E-state index contributed by atoms with van der Waals surface area (Å²) in [6.07, 6.45) is -2.86. The molecule has 3 saturated heterocycles. The first kappa shape index (κ1) is 23.7. The Kier molecular flexibility index (Phi) is 6.77. The van der Waals surface area contributed by atoms with E-state index in [4.69, 9.17) is 32.7 Å². The summed E-state index contributed by atoms with van der Waals surface area (Å²) in [6.45, 7) is 6.88. The van der Waals surface area contributed by atoms with Gasteiger partial charge in [-0.05, 0) is 33.3 Å². The molecule has 30 heavy (non-hydrogen) atoms. The van der Waals surface area contributed by atoms with Crippen molar-refractivity contribution in [3.63, 3.8) is 0 Å². The Morgan fingerprint density at radius 2 is 1.53 bits per heavy atom. The summed E-state index contributed by atoms with van der Waals surface area (Å²) < 4.78 is 52.2. The number of fused-ring (bicyclic) bond motifs is 3. The molecule has 4 rings (SSSR count). The van der Waals surface area contributed by atoms with Crippen LogP contribution in [0.3, 0.4) is 0 Å². The van der Waals surface area contributed by atoms with E-state index in [2.05, 4.69) is 0 Å². The van der Waals surface area contributed by atoms with Gasteiger partial charge in [0.05, 0.1) is 13.2 Å². The van der Waals surface area contributed by atoms with Crippen LogP contribution in [-0.2, 0) is 43.9 Å². The molecular weight excluding hydrogens is 417 g/mol. The van der Waals surface area contributed by atoms with Crippen LogP contribution in [0, 0.1) is 0 Å². The van der Waals surface area contributed by atoms with Crippen LogP contribution in [0.5, 0.6) is 0 Å². The summed E-state index contributed by atoms with van der Waals surface area (Å²) in [5.74, 6) is -1.69. The molecule has 0 bridgehead atoms. The van der Waals surface area contributed by atoms with Crippen LogP contribution >= 0.6 is 7.82 Å². The van der Waals surface area contributed by atoms with Gasteiger partial charge in [-0.3, -0.25) is 9.05 Å². The molecule has 0 aromatic heterocycles. The summed E-state index contributed by atoms with van der Waals surface area (Å²) in [5.41, 5.74) is 0.759. The SMILES string of the molecule is CC1(C)O[C@H]2[C@@H](O1)[C@@H](COP(=O)(O)OCc1ccccc1)O[C@@H]1OC(C)(C)O[C@@H]12.N. The Morgan fingerprint density at radius 1 is 0.933 bits per heavy atom. The van der Waals surface area contributed by atoms with Crippen molar-refractivity contribution >= 4 is 7.82 Å². The molecule has 0 spiro atoms. The lowest BCUT2D eigenvalue weighted by atomic mass is 9.99. The van der Waals surface area contributed by atoms with E-state index in [9.17, 15) is 9.46 Å². The van der Waals surface area contributed by atoms with Gasteiger partial charge in [0, 0.05) is 0 Å². The smallest absolute Gasteiger partial charge is 0.344 e. The topological polar surface area (TPSA) is 137 Å². The molecule has 4 N–H and O–H groups in total. The predicted molar refractivity (Wildman–Crippen MR) is 105 cm³/mol. The van der Waals surface area contributed by atoms with Crippen LogP contribution in [0.15, 0.2) is 30.3 Å². The van der Waals surface area contributed by atoms with Gasteiger partial charge in [-0.15, -0.1) is 0 Å². The van der Waals surface area contributed by atoms with Crippen LogP contribution in [0.25, 0.3) is 0 Å². The van der Waals surface area contributed by atoms with Crippen molar-refractivity contribution in [1.29, 1.82) is 0 Å². The number of ether oxygens (including phenoxy) is 5. The minimum Gasteiger partial charge on any atom is -0.344 e. The van der Waals surface area contributed by atoms with E-state index >= 15 is 0 Å². The number of rotatable bonds is 6. The van der Waals surface area contributed by atoms with Crippen molar-refractivity contribution in [3.05, 3.63) is 35.9 Å². The average Bonchev–Trinajstić information content (AvgIpc) is 3.13. The fraction of sp³-hybridized carbons (Fsp3) is 0.684. The first-order chi connectivity index (χ1) is 13.5. The monoisotopic (exact) mass is 447 g/mol. The van der Waals surface area contributed by atoms with Gasteiger partial charge in [-0.1, -0.05) is 30.3 Å². The van der Waals surface area contributed by atoms with Crippen LogP contribution < -0.4 is 6.15 Å². The van der Waals surface area contributed by atoms with E-state index in [-0.39, 0.29) is 19.4 Å². The maximum absolute atomic E-state index is 12.3. The maximum atomic E-state index is 12.3. The zero-order valence-electron chi connectivity index (χ0n) is 17.6. The number of phosphoric ester groups is 1. The molecule has 0 radical (unpaired) electrons. The summed E-state index contributed by atoms with van der Waals surface area (Å²) in [6, 6.07) is 9.07. The quantitative estimate of drug-likeness (QED) is 0.626. The standard InChI is InChI=1S/C19H27O9P.H3N/c1-18(2)25-14-13(24-17-16(15(14)26-18)27-19(3,4)28-17)11-23-29(20,21)22-10-12-8-6-5-7-9-12;/h5-9,13-17H,10-11H2,1-4H3,(H,20,21);1H3/t13-,14+,15+,16-,17-;/m1./s1. The number of phosphoric acid groups is 1. The zero-order valence-corrected chi connectivity index (χ0v) is 18.4. The fourth-order valence-electron chi connectivity index (χ4n) is 3.76. The van der Waals surface area contributed by atoms with Crippen molar-refractivity contribution in [3.8, 4) is 0 Å². The first-order valence-electron chi connectivity index (χ1n) is 9.56. The van der Waals surface area contributed by atoms with Crippen molar-refractivity contribution in [2.24, 2.45) is 0 Å². The lowest BCUT2D eigenvalue weighted by molar-refractivity contribution is -0.239. The molecule has 0 saturated carbocycles. The predicted octanol–water partition coefficient (Wildman–Crippen LogP) is 2.88. The second-order valence-corrected chi connectivity index (χ2v) is 9.68. The van der Waals surface area contributed by atoms with E-state index in [0.717, 1.165) is 5.56 Å². The Labute approximate surface area is 175 Å². The Morgan fingerprint density at radius 3 is 2.23 bits per heavy atom. The molecule has 3 aliphatic rings. The molecule has 3 fully saturated rings. The lowest BCUT2D eigenvalue weighted by Gasteiger charge is -2.37. The molecule has 0 aliphatic carbocycles. The molecule has 3 aliphatic heterocycles. The molecule has 0 amide bonds. The summed E-state index contributed by atoms with van der Waals surface area (Å²) in [7, 11) is -4.30. The second kappa shape index (κ2) is 8.55. The Hall–Kier alpha value is -0.910. The van der Waals surface area contributed by atoms with Gasteiger partial charge in [-0.2, -0.15) is 0 Å².